The molecule has 0 aliphatic carbocycles. The first-order valence-corrected chi connectivity index (χ1v) is 6.32. The molecule has 92 valence electrons. The Balaban J connectivity index is 2.60. The van der Waals surface area contributed by atoms with Crippen molar-refractivity contribution < 1.29 is 4.79 Å². The minimum absolute atomic E-state index is 0.166. The first-order valence-electron chi connectivity index (χ1n) is 5.51. The normalized spacial score (nSPS) is 11.3. The SMILES string of the molecule is CC(C)c1cnc(NC(=O)CC(C)(C)C#N)s1. The Morgan fingerprint density at radius 3 is 2.76 bits per heavy atom. The van der Waals surface area contributed by atoms with Crippen LogP contribution in [0.2, 0.25) is 0 Å². The number of carbonyl (C=O) groups excluding carboxylic acids is 1. The Kier molecular flexibility index (Phi) is 4.24. The molecule has 4 nitrogen and oxygen atoms in total. The molecule has 1 N–H and O–H groups in total. The first kappa shape index (κ1) is 13.7. The van der Waals surface area contributed by atoms with E-state index < -0.39 is 5.41 Å². The Morgan fingerprint density at radius 2 is 2.29 bits per heavy atom. The summed E-state index contributed by atoms with van der Waals surface area (Å²) in [5.41, 5.74) is -0.637. The smallest absolute Gasteiger partial charge is 0.227 e. The van der Waals surface area contributed by atoms with Gasteiger partial charge < -0.3 is 5.32 Å². The molecule has 0 atom stereocenters. The average molecular weight is 251 g/mol. The molecule has 0 aliphatic rings. The zero-order valence-electron chi connectivity index (χ0n) is 10.6. The summed E-state index contributed by atoms with van der Waals surface area (Å²) in [5, 5.41) is 12.2. The fourth-order valence-corrected chi connectivity index (χ4v) is 2.05. The van der Waals surface area contributed by atoms with E-state index in [0.717, 1.165) is 4.88 Å². The highest BCUT2D eigenvalue weighted by Crippen LogP contribution is 2.26. The fourth-order valence-electron chi connectivity index (χ4n) is 1.22. The number of nitrogens with one attached hydrogen (secondary N) is 1. The number of amides is 1. The highest BCUT2D eigenvalue weighted by molar-refractivity contribution is 7.15. The first-order chi connectivity index (χ1) is 7.84. The molecule has 0 bridgehead atoms. The van der Waals surface area contributed by atoms with Crippen LogP contribution in [0.3, 0.4) is 0 Å². The average Bonchev–Trinajstić information content (AvgIpc) is 2.65. The van der Waals surface area contributed by atoms with Gasteiger partial charge in [-0.1, -0.05) is 13.8 Å². The molecule has 0 spiro atoms. The van der Waals surface area contributed by atoms with Crippen LogP contribution in [0.15, 0.2) is 6.20 Å². The van der Waals surface area contributed by atoms with Gasteiger partial charge in [0.1, 0.15) is 0 Å². The molecule has 0 saturated carbocycles. The molecule has 0 aliphatic heterocycles. The standard InChI is InChI=1S/C12H17N3OS/c1-8(2)9-6-14-11(17-9)15-10(16)5-12(3,4)7-13/h6,8H,5H2,1-4H3,(H,14,15,16). The van der Waals surface area contributed by atoms with Gasteiger partial charge in [0, 0.05) is 17.5 Å². The molecule has 5 heteroatoms. The lowest BCUT2D eigenvalue weighted by Gasteiger charge is -2.13. The summed E-state index contributed by atoms with van der Waals surface area (Å²) in [6, 6.07) is 2.10. The molecular formula is C12H17N3OS. The van der Waals surface area contributed by atoms with E-state index in [1.54, 1.807) is 20.0 Å². The zero-order chi connectivity index (χ0) is 13.1. The summed E-state index contributed by atoms with van der Waals surface area (Å²) in [4.78, 5) is 16.9. The Morgan fingerprint density at radius 1 is 1.65 bits per heavy atom. The van der Waals surface area contributed by atoms with Gasteiger partial charge in [-0.2, -0.15) is 5.26 Å². The van der Waals surface area contributed by atoms with Gasteiger partial charge >= 0.3 is 0 Å². The molecule has 0 saturated heterocycles. The van der Waals surface area contributed by atoms with Crippen LogP contribution in [0, 0.1) is 16.7 Å². The van der Waals surface area contributed by atoms with Crippen molar-refractivity contribution in [2.24, 2.45) is 5.41 Å². The fraction of sp³-hybridized carbons (Fsp3) is 0.583. The number of aromatic nitrogens is 1. The number of anilines is 1. The zero-order valence-corrected chi connectivity index (χ0v) is 11.4. The van der Waals surface area contributed by atoms with Gasteiger partial charge in [0.2, 0.25) is 5.91 Å². The van der Waals surface area contributed by atoms with Crippen molar-refractivity contribution in [3.8, 4) is 6.07 Å². The van der Waals surface area contributed by atoms with Gasteiger partial charge in [-0.15, -0.1) is 11.3 Å². The third kappa shape index (κ3) is 4.16. The lowest BCUT2D eigenvalue weighted by Crippen LogP contribution is -2.20. The maximum absolute atomic E-state index is 11.7. The number of rotatable bonds is 4. The van der Waals surface area contributed by atoms with Crippen molar-refractivity contribution in [1.29, 1.82) is 5.26 Å². The van der Waals surface area contributed by atoms with Crippen molar-refractivity contribution in [2.75, 3.05) is 5.32 Å². The van der Waals surface area contributed by atoms with Crippen molar-refractivity contribution >= 4 is 22.4 Å². The minimum Gasteiger partial charge on any atom is -0.302 e. The van der Waals surface area contributed by atoms with Crippen molar-refractivity contribution in [3.63, 3.8) is 0 Å². The Bertz CT molecular complexity index is 443. The van der Waals surface area contributed by atoms with Crippen LogP contribution < -0.4 is 5.32 Å². The largest absolute Gasteiger partial charge is 0.302 e. The van der Waals surface area contributed by atoms with E-state index in [4.69, 9.17) is 5.26 Å². The molecule has 1 amide bonds. The van der Waals surface area contributed by atoms with Crippen molar-refractivity contribution in [1.82, 2.24) is 4.98 Å². The van der Waals surface area contributed by atoms with E-state index >= 15 is 0 Å². The molecular weight excluding hydrogens is 234 g/mol. The molecule has 1 aromatic rings. The van der Waals surface area contributed by atoms with E-state index in [0.29, 0.717) is 11.0 Å². The number of thiazole rings is 1. The quantitative estimate of drug-likeness (QED) is 0.894. The van der Waals surface area contributed by atoms with Crippen LogP contribution in [0.25, 0.3) is 0 Å². The highest BCUT2D eigenvalue weighted by Gasteiger charge is 2.21. The number of nitrogens with zero attached hydrogens (tertiary/aromatic N) is 2. The van der Waals surface area contributed by atoms with Gasteiger partial charge in [0.15, 0.2) is 5.13 Å². The number of carbonyl (C=O) groups is 1. The lowest BCUT2D eigenvalue weighted by molar-refractivity contribution is -0.117. The molecule has 0 aromatic carbocycles. The van der Waals surface area contributed by atoms with Crippen LogP contribution in [0.4, 0.5) is 5.13 Å². The number of hydrogen-bond donors (Lipinski definition) is 1. The lowest BCUT2D eigenvalue weighted by atomic mass is 9.91. The van der Waals surface area contributed by atoms with Crippen LogP contribution in [-0.4, -0.2) is 10.9 Å². The summed E-state index contributed by atoms with van der Waals surface area (Å²) in [6.07, 6.45) is 1.96. The van der Waals surface area contributed by atoms with Crippen LogP contribution in [0.1, 0.15) is 44.9 Å². The number of nitriles is 1. The molecule has 0 radical (unpaired) electrons. The second-order valence-corrected chi connectivity index (χ2v) is 6.01. The topological polar surface area (TPSA) is 65.8 Å². The molecule has 1 rings (SSSR count). The van der Waals surface area contributed by atoms with Gasteiger partial charge in [-0.25, -0.2) is 4.98 Å². The van der Waals surface area contributed by atoms with E-state index in [1.165, 1.54) is 11.3 Å². The van der Waals surface area contributed by atoms with Crippen molar-refractivity contribution in [3.05, 3.63) is 11.1 Å². The van der Waals surface area contributed by atoms with E-state index in [2.05, 4.69) is 30.2 Å². The van der Waals surface area contributed by atoms with Gasteiger partial charge in [0.05, 0.1) is 11.5 Å². The predicted octanol–water partition coefficient (Wildman–Crippen LogP) is 3.14. The van der Waals surface area contributed by atoms with Gasteiger partial charge in [0.25, 0.3) is 0 Å². The monoisotopic (exact) mass is 251 g/mol. The highest BCUT2D eigenvalue weighted by atomic mass is 32.1. The number of hydrogen-bond acceptors (Lipinski definition) is 4. The Labute approximate surface area is 106 Å². The summed E-state index contributed by atoms with van der Waals surface area (Å²) >= 11 is 1.48. The second-order valence-electron chi connectivity index (χ2n) is 4.94. The van der Waals surface area contributed by atoms with Crippen LogP contribution >= 0.6 is 11.3 Å². The van der Waals surface area contributed by atoms with Crippen LogP contribution in [-0.2, 0) is 4.79 Å². The summed E-state index contributed by atoms with van der Waals surface area (Å²) < 4.78 is 0. The molecule has 17 heavy (non-hydrogen) atoms. The summed E-state index contributed by atoms with van der Waals surface area (Å²) in [5.74, 6) is 0.245. The molecule has 1 heterocycles. The van der Waals surface area contributed by atoms with Crippen LogP contribution in [0.5, 0.6) is 0 Å². The van der Waals surface area contributed by atoms with E-state index in [9.17, 15) is 4.79 Å². The summed E-state index contributed by atoms with van der Waals surface area (Å²) in [7, 11) is 0. The molecule has 1 aromatic heterocycles. The van der Waals surface area contributed by atoms with E-state index in [1.807, 2.05) is 0 Å². The molecule has 0 fully saturated rings. The Hall–Kier alpha value is -1.41. The maximum Gasteiger partial charge on any atom is 0.227 e. The third-order valence-corrected chi connectivity index (χ3v) is 3.46. The predicted molar refractivity (Wildman–Crippen MR) is 68.8 cm³/mol. The summed E-state index contributed by atoms with van der Waals surface area (Å²) in [6.45, 7) is 7.65. The second kappa shape index (κ2) is 5.28. The van der Waals surface area contributed by atoms with Gasteiger partial charge in [-0.05, 0) is 19.8 Å². The van der Waals surface area contributed by atoms with Crippen molar-refractivity contribution in [2.45, 2.75) is 40.0 Å². The minimum atomic E-state index is -0.637. The maximum atomic E-state index is 11.7. The van der Waals surface area contributed by atoms with Gasteiger partial charge in [-0.3, -0.25) is 4.79 Å². The van der Waals surface area contributed by atoms with E-state index in [-0.39, 0.29) is 12.3 Å². The third-order valence-electron chi connectivity index (χ3n) is 2.24. The molecule has 0 unspecified atom stereocenters.